The number of anilines is 1. The number of allylic oxidation sites excluding steroid dienone is 2. The smallest absolute Gasteiger partial charge is 0.372 e. The van der Waals surface area contributed by atoms with Crippen LogP contribution in [0.2, 0.25) is 10.0 Å². The van der Waals surface area contributed by atoms with Gasteiger partial charge in [-0.05, 0) is 37.5 Å². The van der Waals surface area contributed by atoms with E-state index in [2.05, 4.69) is 21.9 Å². The Hall–Kier alpha value is -2.12. The Labute approximate surface area is 195 Å². The fraction of sp³-hybridized carbons (Fsp3) is 0.435. The fourth-order valence-corrected chi connectivity index (χ4v) is 4.96. The van der Waals surface area contributed by atoms with Crippen molar-refractivity contribution in [2.24, 2.45) is 0 Å². The molecule has 4 nitrogen and oxygen atoms in total. The number of rotatable bonds is 4. The van der Waals surface area contributed by atoms with Gasteiger partial charge in [-0.2, -0.15) is 18.3 Å². The second-order valence-electron chi connectivity index (χ2n) is 8.45. The molecule has 1 fully saturated rings. The molecule has 172 valence electrons. The topological polar surface area (TPSA) is 33.1 Å². The van der Waals surface area contributed by atoms with Crippen molar-refractivity contribution in [2.75, 3.05) is 12.4 Å². The molecule has 0 amide bonds. The maximum absolute atomic E-state index is 13.5. The number of likely N-dealkylation sites (N-methyl/N-ethyl adjacent to an activating group) is 1. The van der Waals surface area contributed by atoms with Crippen LogP contribution in [0.4, 0.5) is 19.0 Å². The van der Waals surface area contributed by atoms with Crippen LogP contribution in [-0.2, 0) is 6.18 Å². The molecule has 1 saturated carbocycles. The summed E-state index contributed by atoms with van der Waals surface area (Å²) in [6.45, 7) is 6.20. The molecular weight excluding hydrogens is 460 g/mol. The number of hydrogen-bond donors (Lipinski definition) is 1. The summed E-state index contributed by atoms with van der Waals surface area (Å²) in [5, 5.41) is 7.74. The van der Waals surface area contributed by atoms with E-state index in [0.29, 0.717) is 21.7 Å². The lowest BCUT2D eigenvalue weighted by Gasteiger charge is -2.39. The van der Waals surface area contributed by atoms with Crippen molar-refractivity contribution in [2.45, 2.75) is 57.3 Å². The molecule has 9 heteroatoms. The highest BCUT2D eigenvalue weighted by molar-refractivity contribution is 6.42. The molecule has 2 heterocycles. The van der Waals surface area contributed by atoms with Crippen molar-refractivity contribution >= 4 is 29.0 Å². The van der Waals surface area contributed by atoms with Gasteiger partial charge in [0.1, 0.15) is 11.9 Å². The van der Waals surface area contributed by atoms with Crippen molar-refractivity contribution < 1.29 is 13.2 Å². The van der Waals surface area contributed by atoms with Crippen molar-refractivity contribution in [3.8, 4) is 0 Å². The van der Waals surface area contributed by atoms with Gasteiger partial charge in [-0.3, -0.25) is 0 Å². The normalized spacial score (nSPS) is 19.5. The minimum Gasteiger partial charge on any atom is -0.372 e. The molecule has 1 unspecified atom stereocenters. The lowest BCUT2D eigenvalue weighted by Crippen LogP contribution is -2.36. The standard InChI is InChI=1S/C23H25Cl2F3N4/c1-13-21(14(2)31(3)16-7-5-4-6-8-16)22(15-9-10-17(24)18(25)11-15)32-20(29-13)12-19(30-32)23(26,27)28/h9-12,16,22,29H,2,4-8H2,1,3H3. The van der Waals surface area contributed by atoms with E-state index in [1.807, 2.05) is 14.0 Å². The Morgan fingerprint density at radius 3 is 2.47 bits per heavy atom. The first-order valence-corrected chi connectivity index (χ1v) is 11.3. The summed E-state index contributed by atoms with van der Waals surface area (Å²) < 4.78 is 41.8. The second-order valence-corrected chi connectivity index (χ2v) is 9.26. The Kier molecular flexibility index (Phi) is 6.25. The predicted octanol–water partition coefficient (Wildman–Crippen LogP) is 7.28. The van der Waals surface area contributed by atoms with Crippen molar-refractivity contribution in [1.82, 2.24) is 14.7 Å². The monoisotopic (exact) mass is 484 g/mol. The zero-order valence-corrected chi connectivity index (χ0v) is 19.5. The molecule has 1 aromatic heterocycles. The minimum absolute atomic E-state index is 0.266. The van der Waals surface area contributed by atoms with Crippen molar-refractivity contribution in [3.63, 3.8) is 0 Å². The maximum Gasteiger partial charge on any atom is 0.435 e. The first-order valence-electron chi connectivity index (χ1n) is 10.6. The Morgan fingerprint density at radius 2 is 1.84 bits per heavy atom. The number of halogens is 5. The summed E-state index contributed by atoms with van der Waals surface area (Å²) in [5.41, 5.74) is 2.00. The number of benzene rings is 1. The maximum atomic E-state index is 13.5. The van der Waals surface area contributed by atoms with Crippen LogP contribution in [0.25, 0.3) is 0 Å². The number of aromatic nitrogens is 2. The van der Waals surface area contributed by atoms with Crippen molar-refractivity contribution in [1.29, 1.82) is 0 Å². The number of hydrogen-bond acceptors (Lipinski definition) is 3. The Bertz CT molecular complexity index is 1070. The third-order valence-electron chi connectivity index (χ3n) is 6.38. The van der Waals surface area contributed by atoms with Gasteiger partial charge in [0.2, 0.25) is 0 Å². The van der Waals surface area contributed by atoms with Gasteiger partial charge in [-0.25, -0.2) is 4.68 Å². The number of nitrogens with one attached hydrogen (secondary N) is 1. The molecule has 0 spiro atoms. The minimum atomic E-state index is -4.56. The van der Waals surface area contributed by atoms with Crippen LogP contribution < -0.4 is 5.32 Å². The number of alkyl halides is 3. The van der Waals surface area contributed by atoms with Gasteiger partial charge >= 0.3 is 6.18 Å². The van der Waals surface area contributed by atoms with E-state index in [-0.39, 0.29) is 5.82 Å². The first-order chi connectivity index (χ1) is 15.1. The van der Waals surface area contributed by atoms with E-state index in [1.165, 1.54) is 11.1 Å². The largest absolute Gasteiger partial charge is 0.435 e. The van der Waals surface area contributed by atoms with E-state index in [1.54, 1.807) is 18.2 Å². The number of fused-ring (bicyclic) bond motifs is 1. The molecule has 1 aliphatic heterocycles. The third-order valence-corrected chi connectivity index (χ3v) is 7.12. The molecular formula is C23H25Cl2F3N4. The highest BCUT2D eigenvalue weighted by atomic mass is 35.5. The summed E-state index contributed by atoms with van der Waals surface area (Å²) in [7, 11) is 2.00. The van der Waals surface area contributed by atoms with Crippen LogP contribution >= 0.6 is 23.2 Å². The van der Waals surface area contributed by atoms with Gasteiger partial charge in [-0.1, -0.05) is 55.1 Å². The summed E-state index contributed by atoms with van der Waals surface area (Å²) in [4.78, 5) is 2.16. The molecule has 1 atom stereocenters. The van der Waals surface area contributed by atoms with E-state index < -0.39 is 17.9 Å². The molecule has 1 N–H and O–H groups in total. The molecule has 32 heavy (non-hydrogen) atoms. The van der Waals surface area contributed by atoms with Crippen LogP contribution in [0.5, 0.6) is 0 Å². The highest BCUT2D eigenvalue weighted by Gasteiger charge is 2.39. The summed E-state index contributed by atoms with van der Waals surface area (Å²) in [6.07, 6.45) is 1.12. The Morgan fingerprint density at radius 1 is 1.16 bits per heavy atom. The summed E-state index contributed by atoms with van der Waals surface area (Å²) >= 11 is 12.4. The van der Waals surface area contributed by atoms with Gasteiger partial charge in [0.15, 0.2) is 5.69 Å². The molecule has 0 radical (unpaired) electrons. The molecule has 0 saturated heterocycles. The van der Waals surface area contributed by atoms with Crippen LogP contribution in [0.1, 0.15) is 56.3 Å². The van der Waals surface area contributed by atoms with Crippen molar-refractivity contribution in [3.05, 3.63) is 69.1 Å². The SMILES string of the molecule is C=C(C1=C(C)Nc2cc(C(F)(F)F)nn2C1c1ccc(Cl)c(Cl)c1)N(C)C1CCCCC1. The Balaban J connectivity index is 1.82. The first kappa shape index (κ1) is 23.1. The average Bonchev–Trinajstić information content (AvgIpc) is 3.18. The molecule has 1 aliphatic carbocycles. The quantitative estimate of drug-likeness (QED) is 0.494. The third kappa shape index (κ3) is 4.25. The lowest BCUT2D eigenvalue weighted by molar-refractivity contribution is -0.141. The van der Waals surface area contributed by atoms with Gasteiger partial charge in [0, 0.05) is 36.1 Å². The van der Waals surface area contributed by atoms with Gasteiger partial charge < -0.3 is 10.2 Å². The zero-order chi connectivity index (χ0) is 23.2. The van der Waals surface area contributed by atoms with E-state index in [9.17, 15) is 13.2 Å². The lowest BCUT2D eigenvalue weighted by atomic mass is 9.90. The second kappa shape index (κ2) is 8.67. The van der Waals surface area contributed by atoms with E-state index in [0.717, 1.165) is 48.7 Å². The summed E-state index contributed by atoms with van der Waals surface area (Å²) in [5.74, 6) is 0.266. The zero-order valence-electron chi connectivity index (χ0n) is 17.9. The van der Waals surface area contributed by atoms with Gasteiger partial charge in [0.25, 0.3) is 0 Å². The molecule has 1 aromatic carbocycles. The highest BCUT2D eigenvalue weighted by Crippen LogP contribution is 2.43. The van der Waals surface area contributed by atoms with Crippen LogP contribution in [-0.4, -0.2) is 27.8 Å². The van der Waals surface area contributed by atoms with Crippen LogP contribution in [0.15, 0.2) is 47.8 Å². The number of nitrogens with zero attached hydrogens (tertiary/aromatic N) is 3. The fourth-order valence-electron chi connectivity index (χ4n) is 4.65. The van der Waals surface area contributed by atoms with E-state index >= 15 is 0 Å². The van der Waals surface area contributed by atoms with Crippen LogP contribution in [0, 0.1) is 0 Å². The molecule has 2 aromatic rings. The molecule has 4 rings (SSSR count). The van der Waals surface area contributed by atoms with E-state index in [4.69, 9.17) is 23.2 Å². The molecule has 2 aliphatic rings. The molecule has 0 bridgehead atoms. The van der Waals surface area contributed by atoms with Gasteiger partial charge in [0.05, 0.1) is 10.0 Å². The van der Waals surface area contributed by atoms with Crippen LogP contribution in [0.3, 0.4) is 0 Å². The average molecular weight is 485 g/mol. The van der Waals surface area contributed by atoms with Gasteiger partial charge in [-0.15, -0.1) is 0 Å². The predicted molar refractivity (Wildman–Crippen MR) is 122 cm³/mol. The summed E-state index contributed by atoms with van der Waals surface area (Å²) in [6, 6.07) is 5.84.